The Hall–Kier alpha value is -2.41. The van der Waals surface area contributed by atoms with Crippen molar-refractivity contribution in [2.75, 3.05) is 6.54 Å². The molecular formula is C26H31N. The number of aliphatic imine (C=N–C) groups is 1. The lowest BCUT2D eigenvalue weighted by Crippen LogP contribution is -1.86. The number of rotatable bonds is 1. The number of hydrogen-bond donors (Lipinski definition) is 0. The molecule has 0 saturated heterocycles. The molecule has 1 nitrogen and oxygen atoms in total. The summed E-state index contributed by atoms with van der Waals surface area (Å²) in [5.74, 6) is 0.884. The van der Waals surface area contributed by atoms with Gasteiger partial charge in [0.25, 0.3) is 0 Å². The molecule has 0 radical (unpaired) electrons. The van der Waals surface area contributed by atoms with E-state index in [1.54, 1.807) is 0 Å². The second kappa shape index (κ2) is 9.50. The number of fused-ring (bicyclic) bond motifs is 3. The van der Waals surface area contributed by atoms with Crippen LogP contribution in [0.5, 0.6) is 0 Å². The van der Waals surface area contributed by atoms with E-state index in [9.17, 15) is 0 Å². The van der Waals surface area contributed by atoms with Crippen molar-refractivity contribution in [2.24, 2.45) is 10.9 Å². The van der Waals surface area contributed by atoms with Crippen LogP contribution in [0, 0.1) is 5.92 Å². The Bertz CT molecular complexity index is 827. The van der Waals surface area contributed by atoms with Crippen molar-refractivity contribution in [3.8, 4) is 0 Å². The third kappa shape index (κ3) is 4.66. The number of dihydropyridines is 1. The average molecular weight is 358 g/mol. The molecule has 0 unspecified atom stereocenters. The van der Waals surface area contributed by atoms with Gasteiger partial charge in [-0.25, -0.2) is 0 Å². The molecule has 0 bridgehead atoms. The van der Waals surface area contributed by atoms with Crippen LogP contribution < -0.4 is 0 Å². The molecule has 0 spiro atoms. The van der Waals surface area contributed by atoms with Crippen LogP contribution >= 0.6 is 0 Å². The maximum Gasteiger partial charge on any atom is 0.0423 e. The summed E-state index contributed by atoms with van der Waals surface area (Å²) >= 11 is 0. The van der Waals surface area contributed by atoms with Crippen molar-refractivity contribution in [3.05, 3.63) is 71.8 Å². The first-order valence-electron chi connectivity index (χ1n) is 10.3. The lowest BCUT2D eigenvalue weighted by atomic mass is 9.96. The first-order valence-corrected chi connectivity index (χ1v) is 10.3. The van der Waals surface area contributed by atoms with E-state index in [-0.39, 0.29) is 0 Å². The minimum Gasteiger partial charge on any atom is -0.293 e. The first kappa shape index (κ1) is 19.4. The van der Waals surface area contributed by atoms with Crippen molar-refractivity contribution in [3.63, 3.8) is 0 Å². The van der Waals surface area contributed by atoms with E-state index in [1.807, 2.05) is 12.3 Å². The first-order chi connectivity index (χ1) is 13.2. The Morgan fingerprint density at radius 2 is 1.48 bits per heavy atom. The fourth-order valence-corrected chi connectivity index (χ4v) is 3.42. The van der Waals surface area contributed by atoms with Crippen LogP contribution in [0.15, 0.2) is 65.7 Å². The van der Waals surface area contributed by atoms with Gasteiger partial charge in [-0.15, -0.1) is 0 Å². The minimum atomic E-state index is 0.884. The van der Waals surface area contributed by atoms with Crippen molar-refractivity contribution in [1.82, 2.24) is 0 Å². The molecule has 1 aliphatic heterocycles. The van der Waals surface area contributed by atoms with Gasteiger partial charge < -0.3 is 0 Å². The topological polar surface area (TPSA) is 12.4 Å². The molecule has 2 aromatic rings. The van der Waals surface area contributed by atoms with E-state index >= 15 is 0 Å². The fraction of sp³-hybridized carbons (Fsp3) is 0.346. The molecule has 5 rings (SSSR count). The summed E-state index contributed by atoms with van der Waals surface area (Å²) < 4.78 is 0. The highest BCUT2D eigenvalue weighted by Gasteiger charge is 2.24. The van der Waals surface area contributed by atoms with Gasteiger partial charge >= 0.3 is 0 Å². The number of nitrogens with zero attached hydrogens (tertiary/aromatic N) is 1. The zero-order valence-corrected chi connectivity index (χ0v) is 16.9. The molecule has 0 amide bonds. The van der Waals surface area contributed by atoms with Gasteiger partial charge in [0.15, 0.2) is 0 Å². The fourth-order valence-electron chi connectivity index (χ4n) is 3.42. The molecular weight excluding hydrogens is 326 g/mol. The van der Waals surface area contributed by atoms with E-state index in [2.05, 4.69) is 80.4 Å². The summed E-state index contributed by atoms with van der Waals surface area (Å²) in [7, 11) is 0. The lowest BCUT2D eigenvalue weighted by molar-refractivity contribution is 0.626. The van der Waals surface area contributed by atoms with Crippen molar-refractivity contribution >= 4 is 28.1 Å². The van der Waals surface area contributed by atoms with Crippen LogP contribution in [-0.2, 0) is 0 Å². The van der Waals surface area contributed by atoms with E-state index < -0.39 is 0 Å². The Morgan fingerprint density at radius 1 is 0.889 bits per heavy atom. The van der Waals surface area contributed by atoms with Gasteiger partial charge in [-0.05, 0) is 64.3 Å². The molecule has 0 saturated carbocycles. The summed E-state index contributed by atoms with van der Waals surface area (Å²) in [5.41, 5.74) is 5.77. The van der Waals surface area contributed by atoms with Gasteiger partial charge in [-0.3, -0.25) is 4.99 Å². The zero-order valence-electron chi connectivity index (χ0n) is 16.9. The normalized spacial score (nSPS) is 16.0. The van der Waals surface area contributed by atoms with Crippen LogP contribution in [-0.4, -0.2) is 12.8 Å². The van der Waals surface area contributed by atoms with E-state index in [1.165, 1.54) is 52.3 Å². The second-order valence-electron chi connectivity index (χ2n) is 7.60. The van der Waals surface area contributed by atoms with Gasteiger partial charge in [-0.1, -0.05) is 81.8 Å². The third-order valence-corrected chi connectivity index (χ3v) is 5.21. The Morgan fingerprint density at radius 3 is 1.85 bits per heavy atom. The predicted octanol–water partition coefficient (Wildman–Crippen LogP) is 7.48. The highest BCUT2D eigenvalue weighted by Crippen LogP contribution is 2.47. The molecule has 0 atom stereocenters. The van der Waals surface area contributed by atoms with Gasteiger partial charge in [-0.2, -0.15) is 0 Å². The SMILES string of the molecule is C1=C2C(=CCC1)c1cccc3cccc2c13.C1=CCCN=C1.CCC(C)C. The monoisotopic (exact) mass is 357 g/mol. The molecule has 2 aliphatic carbocycles. The van der Waals surface area contributed by atoms with Crippen LogP contribution in [0.25, 0.3) is 21.9 Å². The van der Waals surface area contributed by atoms with E-state index in [4.69, 9.17) is 0 Å². The van der Waals surface area contributed by atoms with Crippen molar-refractivity contribution in [1.29, 1.82) is 0 Å². The summed E-state index contributed by atoms with van der Waals surface area (Å²) in [5, 5.41) is 2.82. The molecule has 0 N–H and O–H groups in total. The summed E-state index contributed by atoms with van der Waals surface area (Å²) in [6, 6.07) is 13.3. The molecule has 3 aliphatic rings. The molecule has 1 heteroatoms. The van der Waals surface area contributed by atoms with Gasteiger partial charge in [0.05, 0.1) is 0 Å². The van der Waals surface area contributed by atoms with E-state index in [0.717, 1.165) is 18.9 Å². The van der Waals surface area contributed by atoms with Crippen LogP contribution in [0.1, 0.15) is 57.6 Å². The smallest absolute Gasteiger partial charge is 0.0423 e. The Kier molecular flexibility index (Phi) is 6.81. The molecule has 0 aromatic heterocycles. The summed E-state index contributed by atoms with van der Waals surface area (Å²) in [6.45, 7) is 7.63. The number of allylic oxidation sites excluding steroid dienone is 5. The predicted molar refractivity (Wildman–Crippen MR) is 121 cm³/mol. The van der Waals surface area contributed by atoms with Gasteiger partial charge in [0, 0.05) is 12.8 Å². The highest BCUT2D eigenvalue weighted by molar-refractivity contribution is 6.22. The van der Waals surface area contributed by atoms with Crippen molar-refractivity contribution in [2.45, 2.75) is 46.5 Å². The summed E-state index contributed by atoms with van der Waals surface area (Å²) in [6.07, 6.45) is 15.5. The van der Waals surface area contributed by atoms with Crippen LogP contribution in [0.2, 0.25) is 0 Å². The van der Waals surface area contributed by atoms with Crippen molar-refractivity contribution < 1.29 is 0 Å². The molecule has 2 aromatic carbocycles. The summed E-state index contributed by atoms with van der Waals surface area (Å²) in [4.78, 5) is 3.97. The minimum absolute atomic E-state index is 0.884. The third-order valence-electron chi connectivity index (χ3n) is 5.21. The maximum atomic E-state index is 3.97. The zero-order chi connectivity index (χ0) is 19.1. The van der Waals surface area contributed by atoms with Gasteiger partial charge in [0.1, 0.15) is 0 Å². The van der Waals surface area contributed by atoms with Crippen LogP contribution in [0.4, 0.5) is 0 Å². The second-order valence-corrected chi connectivity index (χ2v) is 7.60. The number of benzene rings is 2. The molecule has 27 heavy (non-hydrogen) atoms. The average Bonchev–Trinajstić information content (AvgIpc) is 3.07. The molecule has 140 valence electrons. The maximum absolute atomic E-state index is 3.97. The molecule has 0 fully saturated rings. The Balaban J connectivity index is 0.000000159. The largest absolute Gasteiger partial charge is 0.293 e. The Labute approximate surface area is 164 Å². The number of hydrogen-bond acceptors (Lipinski definition) is 1. The highest BCUT2D eigenvalue weighted by atomic mass is 14.7. The van der Waals surface area contributed by atoms with E-state index in [0.29, 0.717) is 0 Å². The quantitative estimate of drug-likeness (QED) is 0.501. The van der Waals surface area contributed by atoms with Gasteiger partial charge in [0.2, 0.25) is 0 Å². The lowest BCUT2D eigenvalue weighted by Gasteiger charge is -2.08. The molecule has 1 heterocycles. The van der Waals surface area contributed by atoms with Crippen LogP contribution in [0.3, 0.4) is 0 Å². The standard InChI is InChI=1S/C16H12.C5H7N.C5H12/c1-2-8-13-12(7-1)14-9-3-5-11-6-4-10-15(13)16(11)14;1-2-4-6-5-3-1;1-4-5(2)3/h3-10H,1-2H2;1-2,4H,3,5H2;5H,4H2,1-3H3.